The first kappa shape index (κ1) is 46.7. The minimum atomic E-state index is -0.485. The van der Waals surface area contributed by atoms with Gasteiger partial charge in [-0.05, 0) is 0 Å². The summed E-state index contributed by atoms with van der Waals surface area (Å²) < 4.78 is 4.82. The lowest BCUT2D eigenvalue weighted by atomic mass is 11.1. The number of rotatable bonds is 34. The minimum Gasteiger partial charge on any atom is -0.438 e. The van der Waals surface area contributed by atoms with Crippen LogP contribution in [0.3, 0.4) is 0 Å². The third-order valence-electron chi connectivity index (χ3n) is 3.33. The lowest BCUT2D eigenvalue weighted by molar-refractivity contribution is -0.196. The van der Waals surface area contributed by atoms with Gasteiger partial charge in [0.2, 0.25) is 12.8 Å². The number of alkyl carbamates (subject to hydrolysis) is 1. The summed E-state index contributed by atoms with van der Waals surface area (Å²) in [6, 6.07) is 0. The summed E-state index contributed by atoms with van der Waals surface area (Å²) in [5, 5.41) is 28.6. The van der Waals surface area contributed by atoms with Crippen LogP contribution < -0.4 is 10.6 Å². The first-order chi connectivity index (χ1) is 22.2. The molecule has 0 aromatic carbocycles. The van der Waals surface area contributed by atoms with Crippen LogP contribution in [0.1, 0.15) is 0 Å². The van der Waals surface area contributed by atoms with E-state index in [1.54, 1.807) is 106 Å². The number of hydrogen-bond acceptors (Lipinski definition) is 23. The van der Waals surface area contributed by atoms with Crippen molar-refractivity contribution in [2.24, 2.45) is 9.98 Å². The van der Waals surface area contributed by atoms with E-state index in [0.29, 0.717) is 34.5 Å². The van der Waals surface area contributed by atoms with E-state index in [9.17, 15) is 9.59 Å². The summed E-state index contributed by atoms with van der Waals surface area (Å²) in [6.07, 6.45) is 2.06. The van der Waals surface area contributed by atoms with Gasteiger partial charge in [0.05, 0.1) is 35.4 Å². The Morgan fingerprint density at radius 2 is 1.07 bits per heavy atom. The van der Waals surface area contributed by atoms with E-state index in [-0.39, 0.29) is 29.0 Å². The number of hydrogen-bond donors (Lipinski definition) is 4. The molecule has 0 unspecified atom stereocenters. The Morgan fingerprint density at radius 3 is 1.69 bits per heavy atom. The molecule has 0 radical (unpaired) electrons. The monoisotopic (exact) mass is 862 g/mol. The molecule has 0 saturated carbocycles. The fraction of sp³-hybridized carbons (Fsp3) is 0.800. The molecule has 0 aromatic heterocycles. The Kier molecular flexibility index (Phi) is 43.5. The second-order valence-corrected chi connectivity index (χ2v) is 20.5. The van der Waals surface area contributed by atoms with Crippen molar-refractivity contribution < 1.29 is 44.1 Å². The van der Waals surface area contributed by atoms with Gasteiger partial charge in [-0.1, -0.05) is 23.5 Å². The zero-order valence-electron chi connectivity index (χ0n) is 24.0. The van der Waals surface area contributed by atoms with Crippen molar-refractivity contribution >= 4 is 165 Å². The number of thioether (sulfide) groups is 12. The van der Waals surface area contributed by atoms with Crippen LogP contribution in [-0.4, -0.2) is 123 Å². The van der Waals surface area contributed by atoms with Crippen LogP contribution in [-0.2, 0) is 24.3 Å². The van der Waals surface area contributed by atoms with E-state index < -0.39 is 6.09 Å². The van der Waals surface area contributed by atoms with Gasteiger partial charge in [-0.25, -0.2) is 14.8 Å². The summed E-state index contributed by atoms with van der Waals surface area (Å²) in [7, 11) is 0. The Bertz CT molecular complexity index is 730. The number of carbonyl (C=O) groups excluding carboxylic acids is 2. The van der Waals surface area contributed by atoms with Crippen LogP contribution in [0.25, 0.3) is 0 Å². The molecule has 0 saturated heterocycles. The van der Waals surface area contributed by atoms with E-state index in [0.717, 1.165) is 42.3 Å². The fourth-order valence-corrected chi connectivity index (χ4v) is 12.0. The fourth-order valence-electron chi connectivity index (χ4n) is 1.68. The molecule has 0 aliphatic rings. The van der Waals surface area contributed by atoms with Crippen molar-refractivity contribution in [3.63, 3.8) is 0 Å². The predicted molar refractivity (Wildman–Crippen MR) is 213 cm³/mol. The highest BCUT2D eigenvalue weighted by Gasteiger charge is 2.02. The Hall–Kier alpha value is 1.72. The highest BCUT2D eigenvalue weighted by molar-refractivity contribution is 8.29. The molecule has 0 bridgehead atoms. The smallest absolute Gasteiger partial charge is 0.408 e. The molecule has 0 rings (SSSR count). The Morgan fingerprint density at radius 1 is 0.578 bits per heavy atom. The number of aliphatic hydroxyl groups is 2. The van der Waals surface area contributed by atoms with Crippen LogP contribution in [0.5, 0.6) is 0 Å². The molecule has 0 spiro atoms. The maximum Gasteiger partial charge on any atom is 0.408 e. The molecule has 264 valence electrons. The van der Waals surface area contributed by atoms with E-state index >= 15 is 0 Å². The van der Waals surface area contributed by atoms with Crippen LogP contribution in [0.4, 0.5) is 9.59 Å². The van der Waals surface area contributed by atoms with Crippen molar-refractivity contribution in [1.82, 2.24) is 10.6 Å². The summed E-state index contributed by atoms with van der Waals surface area (Å²) in [4.78, 5) is 50.7. The number of aliphatic hydroxyl groups excluding tert-OH is 2. The molecule has 4 N–H and O–H groups in total. The van der Waals surface area contributed by atoms with Crippen molar-refractivity contribution in [3.05, 3.63) is 0 Å². The second-order valence-electron chi connectivity index (χ2n) is 6.45. The average molecular weight is 863 g/mol. The largest absolute Gasteiger partial charge is 0.438 e. The quantitative estimate of drug-likeness (QED) is 0.0138. The standard InChI is InChI=1S/C20H38N4O9S12/c25-7-38-9-29-19(27)23-5-36-14-41-12-34-4-22-2-31-33-11-40-16-43-17-44-18-45-20(28)24-6-37-15-42-13-35-3-21-1-30-32-10-39-8-26/h1-2,25-26H,3-18H2,(H,23,27)(H,24,28). The topological polar surface area (TPSA) is 170 Å². The summed E-state index contributed by atoms with van der Waals surface area (Å²) in [5.41, 5.74) is 0. The van der Waals surface area contributed by atoms with Gasteiger partial charge in [0.25, 0.3) is 5.24 Å². The van der Waals surface area contributed by atoms with Gasteiger partial charge in [0.1, 0.15) is 17.8 Å². The van der Waals surface area contributed by atoms with E-state index in [4.69, 9.17) is 34.5 Å². The minimum absolute atomic E-state index is 0.00873. The maximum absolute atomic E-state index is 11.9. The first-order valence-electron chi connectivity index (χ1n) is 12.1. The molecule has 0 fully saturated rings. The lowest BCUT2D eigenvalue weighted by Crippen LogP contribution is -2.23. The van der Waals surface area contributed by atoms with E-state index in [1.165, 1.54) is 36.3 Å². The van der Waals surface area contributed by atoms with Crippen molar-refractivity contribution in [3.8, 4) is 0 Å². The van der Waals surface area contributed by atoms with E-state index in [2.05, 4.69) is 20.6 Å². The molecule has 45 heavy (non-hydrogen) atoms. The molecule has 25 heteroatoms. The number of nitrogens with one attached hydrogen (secondary N) is 2. The van der Waals surface area contributed by atoms with Gasteiger partial charge in [0, 0.05) is 35.6 Å². The highest BCUT2D eigenvalue weighted by atomic mass is 32.3. The third kappa shape index (κ3) is 41.8. The highest BCUT2D eigenvalue weighted by Crippen LogP contribution is 2.22. The van der Waals surface area contributed by atoms with Crippen LogP contribution in [0, 0.1) is 0 Å². The van der Waals surface area contributed by atoms with Gasteiger partial charge in [-0.2, -0.15) is 9.78 Å². The van der Waals surface area contributed by atoms with Gasteiger partial charge in [-0.15, -0.1) is 118 Å². The van der Waals surface area contributed by atoms with Crippen LogP contribution in [0.2, 0.25) is 0 Å². The number of carbonyl (C=O) groups is 2. The number of nitrogens with zero attached hydrogens (tertiary/aromatic N) is 2. The van der Waals surface area contributed by atoms with Crippen LogP contribution >= 0.6 is 141 Å². The summed E-state index contributed by atoms with van der Waals surface area (Å²) >= 11 is 18.7. The van der Waals surface area contributed by atoms with Gasteiger partial charge < -0.3 is 35.4 Å². The molecule has 13 nitrogen and oxygen atoms in total. The molecular weight excluding hydrogens is 825 g/mol. The summed E-state index contributed by atoms with van der Waals surface area (Å²) in [5.74, 6) is 2.91. The molecule has 0 aromatic rings. The third-order valence-corrected chi connectivity index (χ3v) is 15.4. The zero-order valence-corrected chi connectivity index (χ0v) is 33.8. The van der Waals surface area contributed by atoms with E-state index in [1.807, 2.05) is 0 Å². The normalized spacial score (nSPS) is 11.3. The Labute approximate surface area is 315 Å². The lowest BCUT2D eigenvalue weighted by Gasteiger charge is -2.05. The van der Waals surface area contributed by atoms with Crippen molar-refractivity contribution in [1.29, 1.82) is 0 Å². The van der Waals surface area contributed by atoms with Gasteiger partial charge >= 0.3 is 6.09 Å². The maximum atomic E-state index is 11.9. The number of aliphatic imine (C=N–C) groups is 2. The summed E-state index contributed by atoms with van der Waals surface area (Å²) in [6.45, 7) is 0. The molecule has 0 aliphatic carbocycles. The molecule has 0 aliphatic heterocycles. The van der Waals surface area contributed by atoms with Crippen LogP contribution in [0.15, 0.2) is 9.98 Å². The number of amides is 2. The Balaban J connectivity index is 3.25. The first-order valence-corrected chi connectivity index (χ1v) is 25.8. The zero-order chi connectivity index (χ0) is 32.7. The van der Waals surface area contributed by atoms with Gasteiger partial charge in [-0.3, -0.25) is 4.79 Å². The average Bonchev–Trinajstić information content (AvgIpc) is 3.04. The predicted octanol–water partition coefficient (Wildman–Crippen LogP) is 6.48. The van der Waals surface area contributed by atoms with Gasteiger partial charge in [0.15, 0.2) is 0 Å². The SMILES string of the molecule is O=C(NCSCSCSCN=COOCSCSCSCSC(=O)NCSCSCSCN=COOCSCO)OCSCO. The van der Waals surface area contributed by atoms with Crippen molar-refractivity contribution in [2.45, 2.75) is 0 Å². The number of ether oxygens (including phenoxy) is 1. The molecule has 0 atom stereocenters. The molecular formula is C20H38N4O9S12. The van der Waals surface area contributed by atoms with Crippen molar-refractivity contribution in [2.75, 3.05) is 88.8 Å². The molecule has 0 heterocycles. The molecule has 2 amide bonds. The second kappa shape index (κ2) is 41.9.